The average molecular weight is 333 g/mol. The van der Waals surface area contributed by atoms with E-state index < -0.39 is 18.5 Å². The third-order valence-electron chi connectivity index (χ3n) is 2.79. The van der Waals surface area contributed by atoms with Gasteiger partial charge >= 0.3 is 5.97 Å². The molecule has 7 nitrogen and oxygen atoms in total. The maximum Gasteiger partial charge on any atom is 0.358 e. The molecule has 0 fully saturated rings. The van der Waals surface area contributed by atoms with Crippen molar-refractivity contribution in [2.45, 2.75) is 0 Å². The third kappa shape index (κ3) is 4.89. The van der Waals surface area contributed by atoms with Gasteiger partial charge in [0, 0.05) is 18.0 Å². The summed E-state index contributed by atoms with van der Waals surface area (Å²) in [7, 11) is 1.46. The first kappa shape index (κ1) is 16.6. The molecule has 0 atom stereocenters. The molecular formula is C15H15N3O4S. The number of nitrogens with one attached hydrogen (secondary N) is 2. The number of hydrogen-bond donors (Lipinski definition) is 2. The van der Waals surface area contributed by atoms with Crippen LogP contribution in [0, 0.1) is 0 Å². The van der Waals surface area contributed by atoms with Gasteiger partial charge in [0.2, 0.25) is 5.91 Å². The summed E-state index contributed by atoms with van der Waals surface area (Å²) in [6, 6.07) is 9.43. The van der Waals surface area contributed by atoms with E-state index in [1.165, 1.54) is 18.4 Å². The summed E-state index contributed by atoms with van der Waals surface area (Å²) in [5.41, 5.74) is 1.05. The van der Waals surface area contributed by atoms with Crippen LogP contribution in [0.3, 0.4) is 0 Å². The summed E-state index contributed by atoms with van der Waals surface area (Å²) >= 11 is 1.32. The van der Waals surface area contributed by atoms with Crippen LogP contribution in [-0.2, 0) is 14.3 Å². The largest absolute Gasteiger partial charge is 0.451 e. The molecule has 120 valence electrons. The molecule has 2 N–H and O–H groups in total. The lowest BCUT2D eigenvalue weighted by Crippen LogP contribution is -2.37. The lowest BCUT2D eigenvalue weighted by Gasteiger charge is -2.04. The van der Waals surface area contributed by atoms with Gasteiger partial charge in [-0.25, -0.2) is 9.78 Å². The number of carbonyl (C=O) groups excluding carboxylic acids is 3. The molecule has 2 amide bonds. The third-order valence-corrected chi connectivity index (χ3v) is 3.68. The smallest absolute Gasteiger partial charge is 0.358 e. The zero-order chi connectivity index (χ0) is 16.7. The first-order valence-corrected chi connectivity index (χ1v) is 7.63. The number of esters is 1. The number of nitrogens with zero attached hydrogens (tertiary/aromatic N) is 1. The summed E-state index contributed by atoms with van der Waals surface area (Å²) in [6.07, 6.45) is 0. The van der Waals surface area contributed by atoms with Gasteiger partial charge in [0.1, 0.15) is 5.01 Å². The molecule has 0 bridgehead atoms. The highest BCUT2D eigenvalue weighted by molar-refractivity contribution is 7.13. The van der Waals surface area contributed by atoms with Crippen molar-refractivity contribution < 1.29 is 19.1 Å². The molecule has 2 rings (SSSR count). The monoisotopic (exact) mass is 333 g/mol. The molecule has 0 spiro atoms. The topological polar surface area (TPSA) is 97.4 Å². The van der Waals surface area contributed by atoms with Crippen LogP contribution in [0.2, 0.25) is 0 Å². The number of rotatable bonds is 6. The van der Waals surface area contributed by atoms with Crippen molar-refractivity contribution in [3.05, 3.63) is 41.4 Å². The van der Waals surface area contributed by atoms with Crippen molar-refractivity contribution in [2.75, 3.05) is 20.2 Å². The molecule has 0 saturated heterocycles. The van der Waals surface area contributed by atoms with Crippen LogP contribution in [0.5, 0.6) is 0 Å². The number of ether oxygens (including phenoxy) is 1. The SMILES string of the molecule is CNC(=O)CNC(=O)COC(=O)c1csc(-c2ccccc2)n1. The molecule has 23 heavy (non-hydrogen) atoms. The van der Waals surface area contributed by atoms with Gasteiger partial charge in [0.05, 0.1) is 6.54 Å². The fourth-order valence-electron chi connectivity index (χ4n) is 1.60. The van der Waals surface area contributed by atoms with E-state index in [0.717, 1.165) is 5.56 Å². The van der Waals surface area contributed by atoms with Gasteiger partial charge in [-0.15, -0.1) is 11.3 Å². The Balaban J connectivity index is 1.86. The number of thiazole rings is 1. The summed E-state index contributed by atoms with van der Waals surface area (Å²) in [6.45, 7) is -0.629. The van der Waals surface area contributed by atoms with Gasteiger partial charge in [-0.05, 0) is 0 Å². The molecule has 1 aromatic carbocycles. The lowest BCUT2D eigenvalue weighted by molar-refractivity contribution is -0.127. The summed E-state index contributed by atoms with van der Waals surface area (Å²) in [4.78, 5) is 38.5. The number of aromatic nitrogens is 1. The van der Waals surface area contributed by atoms with Crippen LogP contribution >= 0.6 is 11.3 Å². The van der Waals surface area contributed by atoms with Gasteiger partial charge in [0.15, 0.2) is 12.3 Å². The first-order valence-electron chi connectivity index (χ1n) is 6.75. The fraction of sp³-hybridized carbons (Fsp3) is 0.200. The van der Waals surface area contributed by atoms with Crippen LogP contribution in [-0.4, -0.2) is 43.0 Å². The Morgan fingerprint density at radius 1 is 1.17 bits per heavy atom. The average Bonchev–Trinajstić information content (AvgIpc) is 3.08. The Kier molecular flexibility index (Phi) is 5.81. The van der Waals surface area contributed by atoms with Crippen molar-refractivity contribution in [1.29, 1.82) is 0 Å². The van der Waals surface area contributed by atoms with E-state index in [-0.39, 0.29) is 18.1 Å². The lowest BCUT2D eigenvalue weighted by atomic mass is 10.2. The Morgan fingerprint density at radius 2 is 1.91 bits per heavy atom. The summed E-state index contributed by atoms with van der Waals surface area (Å²) in [5, 5.41) is 6.96. The number of benzene rings is 1. The van der Waals surface area contributed by atoms with E-state index in [1.807, 2.05) is 30.3 Å². The zero-order valence-corrected chi connectivity index (χ0v) is 13.2. The minimum atomic E-state index is -0.682. The number of likely N-dealkylation sites (N-methyl/N-ethyl adjacent to an activating group) is 1. The highest BCUT2D eigenvalue weighted by Gasteiger charge is 2.15. The van der Waals surface area contributed by atoms with Crippen molar-refractivity contribution in [3.63, 3.8) is 0 Å². The Hall–Kier alpha value is -2.74. The molecule has 0 aliphatic carbocycles. The van der Waals surface area contributed by atoms with Crippen molar-refractivity contribution >= 4 is 29.1 Å². The molecule has 1 heterocycles. The Bertz CT molecular complexity index is 700. The van der Waals surface area contributed by atoms with Crippen molar-refractivity contribution in [3.8, 4) is 10.6 Å². The van der Waals surface area contributed by atoms with Crippen molar-refractivity contribution in [1.82, 2.24) is 15.6 Å². The van der Waals surface area contributed by atoms with E-state index in [9.17, 15) is 14.4 Å². The van der Waals surface area contributed by atoms with E-state index >= 15 is 0 Å². The molecule has 1 aromatic heterocycles. The molecule has 2 aromatic rings. The normalized spacial score (nSPS) is 9.96. The summed E-state index contributed by atoms with van der Waals surface area (Å²) < 4.78 is 4.87. The Morgan fingerprint density at radius 3 is 2.61 bits per heavy atom. The minimum absolute atomic E-state index is 0.146. The van der Waals surface area contributed by atoms with E-state index in [2.05, 4.69) is 15.6 Å². The van der Waals surface area contributed by atoms with Gasteiger partial charge < -0.3 is 15.4 Å². The Labute approximate surface area is 136 Å². The standard InChI is InChI=1S/C15H15N3O4S/c1-16-12(19)7-17-13(20)8-22-15(21)11-9-23-14(18-11)10-5-3-2-4-6-10/h2-6,9H,7-8H2,1H3,(H,16,19)(H,17,20). The van der Waals surface area contributed by atoms with Crippen molar-refractivity contribution in [2.24, 2.45) is 0 Å². The van der Waals surface area contributed by atoms with E-state index in [4.69, 9.17) is 4.74 Å². The predicted molar refractivity (Wildman–Crippen MR) is 84.9 cm³/mol. The quantitative estimate of drug-likeness (QED) is 0.763. The minimum Gasteiger partial charge on any atom is -0.451 e. The van der Waals surface area contributed by atoms with Crippen LogP contribution in [0.4, 0.5) is 0 Å². The van der Waals surface area contributed by atoms with E-state index in [0.29, 0.717) is 5.01 Å². The first-order chi connectivity index (χ1) is 11.1. The number of amides is 2. The molecule has 0 radical (unpaired) electrons. The van der Waals surface area contributed by atoms with E-state index in [1.54, 1.807) is 5.38 Å². The highest BCUT2D eigenvalue weighted by atomic mass is 32.1. The second-order valence-electron chi connectivity index (χ2n) is 4.43. The highest BCUT2D eigenvalue weighted by Crippen LogP contribution is 2.23. The molecule has 0 saturated carbocycles. The van der Waals surface area contributed by atoms with Crippen LogP contribution in [0.15, 0.2) is 35.7 Å². The molecular weight excluding hydrogens is 318 g/mol. The molecule has 0 unspecified atom stereocenters. The second-order valence-corrected chi connectivity index (χ2v) is 5.29. The predicted octanol–water partition coefficient (Wildman–Crippen LogP) is 0.829. The number of carbonyl (C=O) groups is 3. The zero-order valence-electron chi connectivity index (χ0n) is 12.4. The maximum atomic E-state index is 11.9. The molecule has 0 aliphatic rings. The van der Waals surface area contributed by atoms with Crippen LogP contribution in [0.25, 0.3) is 10.6 Å². The van der Waals surface area contributed by atoms with Gasteiger partial charge in [-0.2, -0.15) is 0 Å². The maximum absolute atomic E-state index is 11.9. The second kappa shape index (κ2) is 8.04. The van der Waals surface area contributed by atoms with Gasteiger partial charge in [-0.1, -0.05) is 30.3 Å². The van der Waals surface area contributed by atoms with Crippen LogP contribution in [0.1, 0.15) is 10.5 Å². The van der Waals surface area contributed by atoms with Crippen LogP contribution < -0.4 is 10.6 Å². The number of hydrogen-bond acceptors (Lipinski definition) is 6. The molecule has 0 aliphatic heterocycles. The van der Waals surface area contributed by atoms with Gasteiger partial charge in [0.25, 0.3) is 5.91 Å². The fourth-order valence-corrected chi connectivity index (χ4v) is 2.40. The van der Waals surface area contributed by atoms with Gasteiger partial charge in [-0.3, -0.25) is 9.59 Å². The molecule has 8 heteroatoms. The summed E-state index contributed by atoms with van der Waals surface area (Å²) in [5.74, 6) is -1.57.